The molecule has 38 heavy (non-hydrogen) atoms. The number of hydrogen-bond acceptors (Lipinski definition) is 3. The highest BCUT2D eigenvalue weighted by molar-refractivity contribution is 6.31. The number of aromatic nitrogens is 1. The second-order valence-corrected chi connectivity index (χ2v) is 9.76. The Balaban J connectivity index is 1.55. The van der Waals surface area contributed by atoms with Crippen LogP contribution in [0.3, 0.4) is 0 Å². The zero-order valence-corrected chi connectivity index (χ0v) is 22.3. The van der Waals surface area contributed by atoms with Crippen molar-refractivity contribution >= 4 is 29.1 Å². The summed E-state index contributed by atoms with van der Waals surface area (Å²) in [6, 6.07) is 26.2. The molecular formula is C31H30ClN3O3. The standard InChI is InChI=1S/C31H30ClN3O3/c1-3-4-18-33(31(37)23-9-7-10-24(32)20-23)21-29(36)35-27-12-6-5-11-26(27)34-19-8-13-28(34)30(35)22-14-16-25(38-2)17-15-22/h5-17,19-20,30H,3-4,18,21H2,1-2H3. The number of carbonyl (C=O) groups is 2. The molecule has 0 aliphatic carbocycles. The number of unbranched alkanes of at least 4 members (excludes halogenated alkanes) is 1. The largest absolute Gasteiger partial charge is 0.497 e. The summed E-state index contributed by atoms with van der Waals surface area (Å²) in [5.41, 5.74) is 4.12. The zero-order chi connectivity index (χ0) is 26.6. The van der Waals surface area contributed by atoms with Crippen LogP contribution in [0.25, 0.3) is 5.69 Å². The van der Waals surface area contributed by atoms with Gasteiger partial charge in [-0.15, -0.1) is 0 Å². The number of fused-ring (bicyclic) bond motifs is 3. The zero-order valence-electron chi connectivity index (χ0n) is 21.5. The molecule has 5 rings (SSSR count). The molecule has 0 spiro atoms. The Morgan fingerprint density at radius 3 is 2.42 bits per heavy atom. The summed E-state index contributed by atoms with van der Waals surface area (Å²) in [5, 5.41) is 0.489. The van der Waals surface area contributed by atoms with Crippen LogP contribution in [-0.2, 0) is 4.79 Å². The van der Waals surface area contributed by atoms with Crippen molar-refractivity contribution in [3.05, 3.63) is 113 Å². The van der Waals surface area contributed by atoms with Gasteiger partial charge < -0.3 is 14.2 Å². The van der Waals surface area contributed by atoms with Gasteiger partial charge in [0.15, 0.2) is 0 Å². The second-order valence-electron chi connectivity index (χ2n) is 9.32. The number of ether oxygens (including phenoxy) is 1. The maximum atomic E-state index is 14.2. The minimum Gasteiger partial charge on any atom is -0.497 e. The number of rotatable bonds is 8. The molecule has 1 aliphatic heterocycles. The fourth-order valence-electron chi connectivity index (χ4n) is 5.01. The molecule has 0 bridgehead atoms. The van der Waals surface area contributed by atoms with Gasteiger partial charge in [-0.05, 0) is 66.6 Å². The van der Waals surface area contributed by atoms with Gasteiger partial charge in [0, 0.05) is 23.3 Å². The molecule has 1 aromatic heterocycles. The van der Waals surface area contributed by atoms with Crippen LogP contribution in [0.15, 0.2) is 91.1 Å². The van der Waals surface area contributed by atoms with Gasteiger partial charge in [-0.3, -0.25) is 14.5 Å². The van der Waals surface area contributed by atoms with E-state index >= 15 is 0 Å². The molecule has 7 heteroatoms. The van der Waals surface area contributed by atoms with E-state index in [-0.39, 0.29) is 24.4 Å². The van der Waals surface area contributed by atoms with E-state index in [1.54, 1.807) is 36.3 Å². The number of nitrogens with zero attached hydrogens (tertiary/aromatic N) is 3. The van der Waals surface area contributed by atoms with Crippen molar-refractivity contribution in [2.75, 3.05) is 25.1 Å². The maximum Gasteiger partial charge on any atom is 0.254 e. The lowest BCUT2D eigenvalue weighted by Crippen LogP contribution is -2.47. The van der Waals surface area contributed by atoms with Crippen LogP contribution < -0.4 is 9.64 Å². The first kappa shape index (κ1) is 25.6. The quantitative estimate of drug-likeness (QED) is 0.262. The highest BCUT2D eigenvalue weighted by Gasteiger charge is 2.37. The summed E-state index contributed by atoms with van der Waals surface area (Å²) < 4.78 is 7.49. The van der Waals surface area contributed by atoms with Crippen molar-refractivity contribution < 1.29 is 14.3 Å². The molecule has 3 aromatic carbocycles. The van der Waals surface area contributed by atoms with Crippen LogP contribution in [-0.4, -0.2) is 41.5 Å². The number of anilines is 1. The van der Waals surface area contributed by atoms with Crippen LogP contribution in [0.1, 0.15) is 47.4 Å². The Labute approximate surface area is 228 Å². The van der Waals surface area contributed by atoms with Crippen molar-refractivity contribution in [2.45, 2.75) is 25.8 Å². The highest BCUT2D eigenvalue weighted by Crippen LogP contribution is 2.42. The van der Waals surface area contributed by atoms with Crippen molar-refractivity contribution in [1.29, 1.82) is 0 Å². The minimum atomic E-state index is -0.368. The fourth-order valence-corrected chi connectivity index (χ4v) is 5.20. The Kier molecular flexibility index (Phi) is 7.52. The fraction of sp³-hybridized carbons (Fsp3) is 0.226. The number of methoxy groups -OCH3 is 1. The van der Waals surface area contributed by atoms with Gasteiger partial charge in [0.05, 0.1) is 24.2 Å². The SMILES string of the molecule is CCCCN(CC(=O)N1c2ccccc2-n2cccc2C1c1ccc(OC)cc1)C(=O)c1cccc(Cl)c1. The highest BCUT2D eigenvalue weighted by atomic mass is 35.5. The first-order chi connectivity index (χ1) is 18.5. The molecule has 0 fully saturated rings. The number of amides is 2. The molecule has 4 aromatic rings. The van der Waals surface area contributed by atoms with Crippen LogP contribution in [0.5, 0.6) is 5.75 Å². The van der Waals surface area contributed by atoms with E-state index in [1.807, 2.05) is 71.8 Å². The third-order valence-corrected chi connectivity index (χ3v) is 7.12. The third kappa shape index (κ3) is 4.92. The van der Waals surface area contributed by atoms with Gasteiger partial charge in [0.25, 0.3) is 5.91 Å². The van der Waals surface area contributed by atoms with E-state index in [0.717, 1.165) is 41.2 Å². The predicted molar refractivity (Wildman–Crippen MR) is 150 cm³/mol. The van der Waals surface area contributed by atoms with E-state index < -0.39 is 0 Å². The van der Waals surface area contributed by atoms with Crippen molar-refractivity contribution in [1.82, 2.24) is 9.47 Å². The summed E-state index contributed by atoms with van der Waals surface area (Å²) >= 11 is 6.17. The Morgan fingerprint density at radius 1 is 0.947 bits per heavy atom. The monoisotopic (exact) mass is 527 g/mol. The van der Waals surface area contributed by atoms with E-state index in [9.17, 15) is 9.59 Å². The molecule has 0 saturated heterocycles. The summed E-state index contributed by atoms with van der Waals surface area (Å²) in [7, 11) is 1.63. The summed E-state index contributed by atoms with van der Waals surface area (Å²) in [6.07, 6.45) is 3.71. The molecule has 194 valence electrons. The van der Waals surface area contributed by atoms with Gasteiger partial charge in [-0.25, -0.2) is 0 Å². The van der Waals surface area contributed by atoms with Crippen LogP contribution in [0, 0.1) is 0 Å². The minimum absolute atomic E-state index is 0.0486. The molecule has 6 nitrogen and oxygen atoms in total. The van der Waals surface area contributed by atoms with Crippen LogP contribution in [0.4, 0.5) is 5.69 Å². The molecule has 1 atom stereocenters. The Morgan fingerprint density at radius 2 is 1.71 bits per heavy atom. The van der Waals surface area contributed by atoms with Crippen LogP contribution in [0.2, 0.25) is 5.02 Å². The molecule has 2 amide bonds. The molecular weight excluding hydrogens is 498 g/mol. The lowest BCUT2D eigenvalue weighted by atomic mass is 9.97. The lowest BCUT2D eigenvalue weighted by molar-refractivity contribution is -0.119. The molecule has 0 N–H and O–H groups in total. The average Bonchev–Trinajstić information content (AvgIpc) is 3.44. The number of benzene rings is 3. The number of hydrogen-bond donors (Lipinski definition) is 0. The molecule has 0 saturated carbocycles. The topological polar surface area (TPSA) is 54.8 Å². The molecule has 2 heterocycles. The van der Waals surface area contributed by atoms with Crippen LogP contribution >= 0.6 is 11.6 Å². The van der Waals surface area contributed by atoms with Crippen molar-refractivity contribution in [2.24, 2.45) is 0 Å². The van der Waals surface area contributed by atoms with E-state index in [2.05, 4.69) is 11.5 Å². The van der Waals surface area contributed by atoms with Gasteiger partial charge in [-0.2, -0.15) is 0 Å². The Hall–Kier alpha value is -4.03. The van der Waals surface area contributed by atoms with E-state index in [0.29, 0.717) is 17.1 Å². The first-order valence-electron chi connectivity index (χ1n) is 12.8. The summed E-state index contributed by atoms with van der Waals surface area (Å²) in [6.45, 7) is 2.50. The van der Waals surface area contributed by atoms with E-state index in [4.69, 9.17) is 16.3 Å². The molecule has 1 aliphatic rings. The van der Waals surface area contributed by atoms with Crippen molar-refractivity contribution in [3.63, 3.8) is 0 Å². The second kappa shape index (κ2) is 11.2. The Bertz CT molecular complexity index is 1450. The van der Waals surface area contributed by atoms with E-state index in [1.165, 1.54) is 0 Å². The summed E-state index contributed by atoms with van der Waals surface area (Å²) in [4.78, 5) is 31.2. The first-order valence-corrected chi connectivity index (χ1v) is 13.2. The molecule has 1 unspecified atom stereocenters. The maximum absolute atomic E-state index is 14.2. The van der Waals surface area contributed by atoms with Gasteiger partial charge in [-0.1, -0.05) is 55.3 Å². The van der Waals surface area contributed by atoms with Gasteiger partial charge >= 0.3 is 0 Å². The lowest BCUT2D eigenvalue weighted by Gasteiger charge is -2.39. The van der Waals surface area contributed by atoms with Gasteiger partial charge in [0.2, 0.25) is 5.91 Å². The summed E-state index contributed by atoms with van der Waals surface area (Å²) in [5.74, 6) is 0.386. The number of para-hydroxylation sites is 2. The smallest absolute Gasteiger partial charge is 0.254 e. The number of carbonyl (C=O) groups excluding carboxylic acids is 2. The molecule has 0 radical (unpaired) electrons. The van der Waals surface area contributed by atoms with Gasteiger partial charge in [0.1, 0.15) is 18.3 Å². The third-order valence-electron chi connectivity index (χ3n) is 6.89. The van der Waals surface area contributed by atoms with Crippen molar-refractivity contribution in [3.8, 4) is 11.4 Å². The average molecular weight is 528 g/mol. The normalized spacial score (nSPS) is 14.0. The number of halogens is 1. The predicted octanol–water partition coefficient (Wildman–Crippen LogP) is 6.52.